The number of ketones is 1. The molecule has 0 saturated carbocycles. The zero-order valence-corrected chi connectivity index (χ0v) is 8.77. The van der Waals surface area contributed by atoms with Gasteiger partial charge in [0.05, 0.1) is 5.56 Å². The lowest BCUT2D eigenvalue weighted by Crippen LogP contribution is -2.05. The molecule has 0 radical (unpaired) electrons. The van der Waals surface area contributed by atoms with Gasteiger partial charge in [-0.1, -0.05) is 25.6 Å². The van der Waals surface area contributed by atoms with Crippen LogP contribution >= 0.6 is 0 Å². The Labute approximate surface area is 91.6 Å². The first-order chi connectivity index (χ1) is 7.36. The summed E-state index contributed by atoms with van der Waals surface area (Å²) in [5.41, 5.74) is -0.0518. The highest BCUT2D eigenvalue weighted by atomic mass is 19.4. The molecular formula is C12H11F3O. The van der Waals surface area contributed by atoms with Crippen LogP contribution in [-0.2, 0) is 11.0 Å². The molecule has 0 atom stereocenters. The van der Waals surface area contributed by atoms with E-state index in [9.17, 15) is 18.0 Å². The van der Waals surface area contributed by atoms with Crippen molar-refractivity contribution in [2.75, 3.05) is 0 Å². The smallest absolute Gasteiger partial charge is 0.294 e. The summed E-state index contributed by atoms with van der Waals surface area (Å²) < 4.78 is 36.8. The van der Waals surface area contributed by atoms with Crippen molar-refractivity contribution in [2.24, 2.45) is 0 Å². The Bertz CT molecular complexity index is 401. The normalized spacial score (nSPS) is 11.2. The number of benzene rings is 1. The highest BCUT2D eigenvalue weighted by Crippen LogP contribution is 2.30. The van der Waals surface area contributed by atoms with Crippen molar-refractivity contribution in [2.45, 2.75) is 19.5 Å². The zero-order valence-electron chi connectivity index (χ0n) is 8.77. The predicted octanol–water partition coefficient (Wildman–Crippen LogP) is 3.70. The van der Waals surface area contributed by atoms with Crippen LogP contribution in [0, 0.1) is 0 Å². The van der Waals surface area contributed by atoms with Gasteiger partial charge in [0, 0.05) is 12.0 Å². The fourth-order valence-electron chi connectivity index (χ4n) is 1.23. The first kappa shape index (κ1) is 12.5. The van der Waals surface area contributed by atoms with Crippen molar-refractivity contribution in [1.29, 1.82) is 0 Å². The summed E-state index contributed by atoms with van der Waals surface area (Å²) in [6.07, 6.45) is -4.06. The highest BCUT2D eigenvalue weighted by molar-refractivity contribution is 6.19. The van der Waals surface area contributed by atoms with Gasteiger partial charge in [-0.3, -0.25) is 4.79 Å². The van der Waals surface area contributed by atoms with Crippen LogP contribution in [0.2, 0.25) is 0 Å². The molecule has 0 aromatic heterocycles. The van der Waals surface area contributed by atoms with Gasteiger partial charge in [0.1, 0.15) is 0 Å². The number of hydrogen-bond acceptors (Lipinski definition) is 1. The number of carbonyl (C=O) groups excluding carboxylic acids is 1. The van der Waals surface area contributed by atoms with Crippen molar-refractivity contribution in [3.63, 3.8) is 0 Å². The second-order valence-electron chi connectivity index (χ2n) is 3.33. The first-order valence-corrected chi connectivity index (χ1v) is 4.76. The number of rotatable bonds is 3. The number of alkyl halides is 3. The van der Waals surface area contributed by atoms with E-state index >= 15 is 0 Å². The maximum Gasteiger partial charge on any atom is 0.416 e. The first-order valence-electron chi connectivity index (χ1n) is 4.76. The van der Waals surface area contributed by atoms with E-state index in [1.807, 2.05) is 0 Å². The number of carbonyl (C=O) groups is 1. The van der Waals surface area contributed by atoms with Crippen molar-refractivity contribution >= 4 is 11.4 Å². The van der Waals surface area contributed by atoms with E-state index in [1.54, 1.807) is 6.92 Å². The van der Waals surface area contributed by atoms with E-state index in [2.05, 4.69) is 6.58 Å². The SMILES string of the molecule is C=C(C(=O)CC)c1ccc(C(F)(F)F)cc1. The fraction of sp³-hybridized carbons (Fsp3) is 0.250. The van der Waals surface area contributed by atoms with E-state index < -0.39 is 11.7 Å². The minimum absolute atomic E-state index is 0.167. The Morgan fingerprint density at radius 1 is 1.25 bits per heavy atom. The zero-order chi connectivity index (χ0) is 12.3. The second-order valence-corrected chi connectivity index (χ2v) is 3.33. The van der Waals surface area contributed by atoms with Gasteiger partial charge in [0.2, 0.25) is 0 Å². The second kappa shape index (κ2) is 4.51. The molecule has 1 aromatic rings. The Balaban J connectivity index is 2.96. The predicted molar refractivity (Wildman–Crippen MR) is 55.8 cm³/mol. The van der Waals surface area contributed by atoms with Crippen LogP contribution in [0.25, 0.3) is 5.57 Å². The Morgan fingerprint density at radius 3 is 2.12 bits per heavy atom. The molecule has 0 aliphatic rings. The summed E-state index contributed by atoms with van der Waals surface area (Å²) in [6.45, 7) is 5.23. The van der Waals surface area contributed by atoms with E-state index in [0.29, 0.717) is 12.0 Å². The van der Waals surface area contributed by atoms with Gasteiger partial charge in [0.25, 0.3) is 0 Å². The van der Waals surface area contributed by atoms with Crippen LogP contribution in [-0.4, -0.2) is 5.78 Å². The third-order valence-electron chi connectivity index (χ3n) is 2.22. The standard InChI is InChI=1S/C12H11F3O/c1-3-11(16)8(2)9-4-6-10(7-5-9)12(13,14)15/h4-7H,2-3H2,1H3. The topological polar surface area (TPSA) is 17.1 Å². The van der Waals surface area contributed by atoms with Gasteiger partial charge in [-0.15, -0.1) is 0 Å². The number of halogens is 3. The van der Waals surface area contributed by atoms with Crippen LogP contribution in [0.1, 0.15) is 24.5 Å². The molecule has 0 heterocycles. The molecule has 0 amide bonds. The van der Waals surface area contributed by atoms with Crippen molar-refractivity contribution < 1.29 is 18.0 Å². The molecule has 1 aromatic carbocycles. The molecule has 0 aliphatic heterocycles. The van der Waals surface area contributed by atoms with Gasteiger partial charge < -0.3 is 0 Å². The summed E-state index contributed by atoms with van der Waals surface area (Å²) >= 11 is 0. The Kier molecular flexibility index (Phi) is 3.52. The molecule has 0 unspecified atom stereocenters. The highest BCUT2D eigenvalue weighted by Gasteiger charge is 2.30. The number of allylic oxidation sites excluding steroid dienone is 1. The molecule has 4 heteroatoms. The Hall–Kier alpha value is -1.58. The number of hydrogen-bond donors (Lipinski definition) is 0. The third-order valence-corrected chi connectivity index (χ3v) is 2.22. The lowest BCUT2D eigenvalue weighted by molar-refractivity contribution is -0.137. The lowest BCUT2D eigenvalue weighted by Gasteiger charge is -2.08. The van der Waals surface area contributed by atoms with Crippen LogP contribution in [0.15, 0.2) is 30.8 Å². The van der Waals surface area contributed by atoms with Gasteiger partial charge >= 0.3 is 6.18 Å². The molecule has 0 bridgehead atoms. The average molecular weight is 228 g/mol. The molecule has 0 spiro atoms. The molecular weight excluding hydrogens is 217 g/mol. The quantitative estimate of drug-likeness (QED) is 0.721. The van der Waals surface area contributed by atoms with Crippen LogP contribution < -0.4 is 0 Å². The Morgan fingerprint density at radius 2 is 1.75 bits per heavy atom. The molecule has 0 N–H and O–H groups in total. The van der Waals surface area contributed by atoms with Crippen molar-refractivity contribution in [3.05, 3.63) is 42.0 Å². The third kappa shape index (κ3) is 2.72. The summed E-state index contributed by atoms with van der Waals surface area (Å²) in [4.78, 5) is 11.3. The largest absolute Gasteiger partial charge is 0.416 e. The van der Waals surface area contributed by atoms with Crippen molar-refractivity contribution in [3.8, 4) is 0 Å². The molecule has 16 heavy (non-hydrogen) atoms. The fourth-order valence-corrected chi connectivity index (χ4v) is 1.23. The molecule has 0 saturated heterocycles. The summed E-state index contributed by atoms with van der Waals surface area (Å²) in [7, 11) is 0. The lowest BCUT2D eigenvalue weighted by atomic mass is 10.0. The van der Waals surface area contributed by atoms with Crippen LogP contribution in [0.3, 0.4) is 0 Å². The van der Waals surface area contributed by atoms with Gasteiger partial charge in [0.15, 0.2) is 5.78 Å². The average Bonchev–Trinajstić information content (AvgIpc) is 2.26. The van der Waals surface area contributed by atoms with Crippen LogP contribution in [0.5, 0.6) is 0 Å². The maximum absolute atomic E-state index is 12.3. The maximum atomic E-state index is 12.3. The monoisotopic (exact) mass is 228 g/mol. The van der Waals surface area contributed by atoms with E-state index in [-0.39, 0.29) is 11.4 Å². The number of Topliss-reactive ketones (excluding diaryl/α,β-unsaturated/α-hetero) is 1. The van der Waals surface area contributed by atoms with E-state index in [0.717, 1.165) is 12.1 Å². The summed E-state index contributed by atoms with van der Waals surface area (Å²) in [6, 6.07) is 4.42. The van der Waals surface area contributed by atoms with Gasteiger partial charge in [-0.2, -0.15) is 13.2 Å². The molecule has 1 nitrogen and oxygen atoms in total. The van der Waals surface area contributed by atoms with E-state index in [4.69, 9.17) is 0 Å². The molecule has 86 valence electrons. The minimum Gasteiger partial charge on any atom is -0.294 e. The molecule has 0 fully saturated rings. The van der Waals surface area contributed by atoms with Crippen molar-refractivity contribution in [1.82, 2.24) is 0 Å². The van der Waals surface area contributed by atoms with Gasteiger partial charge in [-0.25, -0.2) is 0 Å². The molecule has 0 aliphatic carbocycles. The minimum atomic E-state index is -4.35. The van der Waals surface area contributed by atoms with E-state index in [1.165, 1.54) is 12.1 Å². The van der Waals surface area contributed by atoms with Crippen LogP contribution in [0.4, 0.5) is 13.2 Å². The van der Waals surface area contributed by atoms with Gasteiger partial charge in [-0.05, 0) is 17.7 Å². The summed E-state index contributed by atoms with van der Waals surface area (Å²) in [5.74, 6) is -0.167. The molecule has 1 rings (SSSR count). The summed E-state index contributed by atoms with van der Waals surface area (Å²) in [5, 5.41) is 0.